The molecular weight excluding hydrogens is 660 g/mol. The zero-order valence-electron chi connectivity index (χ0n) is 10.8. The van der Waals surface area contributed by atoms with Crippen LogP contribution in [0.25, 0.3) is 0 Å². The highest BCUT2D eigenvalue weighted by Crippen LogP contribution is 2.64. The van der Waals surface area contributed by atoms with E-state index in [0.717, 1.165) is 0 Å². The lowest BCUT2D eigenvalue weighted by Gasteiger charge is -2.49. The Morgan fingerprint density at radius 2 is 0.706 bits per heavy atom. The topological polar surface area (TPSA) is 0 Å². The zero-order valence-corrected chi connectivity index (χ0v) is 23.3. The fourth-order valence-electron chi connectivity index (χ4n) is 1.14. The van der Waals surface area contributed by atoms with Crippen LogP contribution < -0.4 is 0 Å². The molecule has 104 valence electrons. The highest BCUT2D eigenvalue weighted by molar-refractivity contribution is 9.74. The maximum absolute atomic E-state index is 4.09. The largest absolute Gasteiger partial charge is 0.232 e. The molecule has 0 atom stereocenters. The molecule has 0 aliphatic heterocycles. The van der Waals surface area contributed by atoms with Gasteiger partial charge in [-0.3, -0.25) is 0 Å². The average Bonchev–Trinajstić information content (AvgIpc) is 1.98. The van der Waals surface area contributed by atoms with E-state index in [1.54, 1.807) is 0 Å². The monoisotopic (exact) mass is 672 g/mol. The molecule has 0 N–H and O–H groups in total. The van der Waals surface area contributed by atoms with E-state index in [9.17, 15) is 0 Å². The van der Waals surface area contributed by atoms with Crippen LogP contribution in [0.1, 0.15) is 41.5 Å². The van der Waals surface area contributed by atoms with Crippen LogP contribution in [0.15, 0.2) is 0 Å². The van der Waals surface area contributed by atoms with E-state index in [-0.39, 0.29) is 10.1 Å². The number of hydrogen-bond acceptors (Lipinski definition) is 0. The Kier molecular flexibility index (Phi) is 7.20. The van der Waals surface area contributed by atoms with Crippen molar-refractivity contribution >= 4 is 106 Å². The molecule has 0 bridgehead atoms. The van der Waals surface area contributed by atoms with Gasteiger partial charge >= 0.3 is 0 Å². The molecule has 0 fully saturated rings. The van der Waals surface area contributed by atoms with Crippen LogP contribution in [0.2, 0.25) is 10.1 Å². The molecule has 0 radical (unpaired) electrons. The summed E-state index contributed by atoms with van der Waals surface area (Å²) >= 11 is 24.4. The Morgan fingerprint density at radius 3 is 0.824 bits per heavy atom. The van der Waals surface area contributed by atoms with Crippen LogP contribution in [0.4, 0.5) is 0 Å². The smallest absolute Gasteiger partial charge is 0.114 e. The molecule has 0 aliphatic rings. The summed E-state index contributed by atoms with van der Waals surface area (Å²) in [4.78, 5) is -3.63. The van der Waals surface area contributed by atoms with E-state index >= 15 is 0 Å². The van der Waals surface area contributed by atoms with Crippen molar-refractivity contribution in [1.82, 2.24) is 0 Å². The van der Waals surface area contributed by atoms with Gasteiger partial charge in [0.25, 0.3) is 0 Å². The van der Waals surface area contributed by atoms with Crippen molar-refractivity contribution in [2.24, 2.45) is 0 Å². The third kappa shape index (κ3) is 3.84. The molecule has 0 nitrogen and oxygen atoms in total. The summed E-state index contributed by atoms with van der Waals surface area (Å²) in [6.07, 6.45) is 0. The van der Waals surface area contributed by atoms with Gasteiger partial charge in [-0.2, -0.15) is 0 Å². The summed E-state index contributed by atoms with van der Waals surface area (Å²) in [6, 6.07) is 0. The van der Waals surface area contributed by atoms with Gasteiger partial charge in [0.1, 0.15) is 0 Å². The standard InChI is InChI=1S/C8H18Br6Si3/c1-7(2,3)15(9,10)17(13,14)16(11,12)8(4,5)6/h1-6H3. The van der Waals surface area contributed by atoms with Gasteiger partial charge in [-0.05, 0) is 10.1 Å². The van der Waals surface area contributed by atoms with Crippen molar-refractivity contribution in [2.45, 2.75) is 51.6 Å². The van der Waals surface area contributed by atoms with Gasteiger partial charge in [0.15, 0.2) is 0 Å². The Labute approximate surface area is 155 Å². The zero-order chi connectivity index (χ0) is 14.5. The number of rotatable bonds is 2. The molecular formula is C8H18Br6Si3. The minimum atomic E-state index is -1.86. The van der Waals surface area contributed by atoms with E-state index in [0.29, 0.717) is 0 Å². The van der Waals surface area contributed by atoms with E-state index < -0.39 is 14.0 Å². The second-order valence-corrected chi connectivity index (χ2v) is 71.7. The molecule has 0 aromatic carbocycles. The van der Waals surface area contributed by atoms with Crippen LogP contribution in [0.5, 0.6) is 0 Å². The molecule has 0 saturated carbocycles. The van der Waals surface area contributed by atoms with Crippen LogP contribution in [0, 0.1) is 0 Å². The van der Waals surface area contributed by atoms with Crippen molar-refractivity contribution < 1.29 is 0 Å². The molecule has 0 saturated heterocycles. The van der Waals surface area contributed by atoms with Crippen molar-refractivity contribution in [3.63, 3.8) is 0 Å². The molecule has 0 aliphatic carbocycles. The van der Waals surface area contributed by atoms with Crippen molar-refractivity contribution in [2.75, 3.05) is 0 Å². The minimum Gasteiger partial charge on any atom is -0.114 e. The lowest BCUT2D eigenvalue weighted by Crippen LogP contribution is -2.67. The Hall–Kier alpha value is 3.53. The maximum atomic E-state index is 4.09. The second kappa shape index (κ2) is 5.97. The Balaban J connectivity index is 5.73. The maximum Gasteiger partial charge on any atom is 0.232 e. The van der Waals surface area contributed by atoms with Crippen molar-refractivity contribution in [1.29, 1.82) is 0 Å². The van der Waals surface area contributed by atoms with Gasteiger partial charge in [0.2, 0.25) is 14.0 Å². The summed E-state index contributed by atoms with van der Waals surface area (Å²) in [5, 5.41) is 0.439. The normalized spacial score (nSPS) is 16.2. The average molecular weight is 678 g/mol. The third-order valence-corrected chi connectivity index (χ3v) is 133. The quantitative estimate of drug-likeness (QED) is 0.211. The van der Waals surface area contributed by atoms with Gasteiger partial charge < -0.3 is 0 Å². The van der Waals surface area contributed by atoms with Crippen molar-refractivity contribution in [3.05, 3.63) is 0 Å². The fraction of sp³-hybridized carbons (Fsp3) is 1.00. The Bertz CT molecular complexity index is 261. The van der Waals surface area contributed by atoms with Gasteiger partial charge in [-0.15, -0.1) is 91.8 Å². The molecule has 0 amide bonds. The highest BCUT2D eigenvalue weighted by Gasteiger charge is 2.70. The highest BCUT2D eigenvalue weighted by atomic mass is 79.9. The summed E-state index contributed by atoms with van der Waals surface area (Å²) in [7, 11) is 0. The molecule has 0 aromatic rings. The minimum absolute atomic E-state index is 0.220. The van der Waals surface area contributed by atoms with Gasteiger partial charge in [0, 0.05) is 0 Å². The van der Waals surface area contributed by atoms with Crippen LogP contribution >= 0.6 is 91.8 Å². The first-order valence-corrected chi connectivity index (χ1v) is 26.7. The second-order valence-electron chi connectivity index (χ2n) is 6.22. The lowest BCUT2D eigenvalue weighted by molar-refractivity contribution is 0.752. The molecule has 0 spiro atoms. The first kappa shape index (κ1) is 20.5. The molecule has 0 rings (SSSR count). The van der Waals surface area contributed by atoms with Crippen LogP contribution in [-0.4, -0.2) is 14.0 Å². The molecule has 0 aromatic heterocycles. The SMILES string of the molecule is CC(C)(C)[Si](Br)(Br)[Si](Br)(Br)[Si](Br)(Br)C(C)(C)C. The summed E-state index contributed by atoms with van der Waals surface area (Å²) in [6.45, 7) is 13.8. The predicted octanol–water partition coefficient (Wildman–Crippen LogP) is 7.44. The lowest BCUT2D eigenvalue weighted by atomic mass is 10.3. The molecule has 17 heavy (non-hydrogen) atoms. The van der Waals surface area contributed by atoms with Gasteiger partial charge in [0.05, 0.1) is 0 Å². The van der Waals surface area contributed by atoms with E-state index in [2.05, 4.69) is 133 Å². The first-order chi connectivity index (χ1) is 7.00. The van der Waals surface area contributed by atoms with Crippen LogP contribution in [-0.2, 0) is 0 Å². The molecule has 0 heterocycles. The Morgan fingerprint density at radius 1 is 0.529 bits per heavy atom. The van der Waals surface area contributed by atoms with Crippen molar-refractivity contribution in [3.8, 4) is 0 Å². The predicted molar refractivity (Wildman–Crippen MR) is 110 cm³/mol. The van der Waals surface area contributed by atoms with Gasteiger partial charge in [-0.1, -0.05) is 41.5 Å². The third-order valence-electron chi connectivity index (χ3n) is 2.67. The number of halogens is 6. The number of hydrogen-bond donors (Lipinski definition) is 0. The summed E-state index contributed by atoms with van der Waals surface area (Å²) in [5.41, 5.74) is 0. The summed E-state index contributed by atoms with van der Waals surface area (Å²) in [5.74, 6) is 0. The fourth-order valence-corrected chi connectivity index (χ4v) is 103. The molecule has 0 unspecified atom stereocenters. The van der Waals surface area contributed by atoms with E-state index in [4.69, 9.17) is 0 Å². The molecule has 9 heteroatoms. The van der Waals surface area contributed by atoms with Crippen LogP contribution in [0.3, 0.4) is 0 Å². The van der Waals surface area contributed by atoms with E-state index in [1.165, 1.54) is 0 Å². The summed E-state index contributed by atoms with van der Waals surface area (Å²) < 4.78 is -1.86. The van der Waals surface area contributed by atoms with Gasteiger partial charge in [-0.25, -0.2) is 0 Å². The van der Waals surface area contributed by atoms with E-state index in [1.807, 2.05) is 0 Å². The first-order valence-electron chi connectivity index (χ1n) is 5.13.